The van der Waals surface area contributed by atoms with Crippen molar-refractivity contribution < 1.29 is 19.1 Å². The van der Waals surface area contributed by atoms with Crippen LogP contribution in [0.4, 0.5) is 5.69 Å². The fourth-order valence-electron chi connectivity index (χ4n) is 2.84. The maximum absolute atomic E-state index is 12.4. The quantitative estimate of drug-likeness (QED) is 0.902. The van der Waals surface area contributed by atoms with Crippen molar-refractivity contribution in [2.45, 2.75) is 19.8 Å². The summed E-state index contributed by atoms with van der Waals surface area (Å²) >= 11 is 0. The van der Waals surface area contributed by atoms with Crippen LogP contribution in [0.25, 0.3) is 0 Å². The number of nitrogens with one attached hydrogen (secondary N) is 1. The Hall–Kier alpha value is -2.24. The minimum absolute atomic E-state index is 0.0248. The van der Waals surface area contributed by atoms with E-state index in [2.05, 4.69) is 5.32 Å². The normalized spacial score (nSPS) is 20.4. The van der Waals surface area contributed by atoms with Gasteiger partial charge < -0.3 is 19.7 Å². The van der Waals surface area contributed by atoms with Gasteiger partial charge in [0.2, 0.25) is 11.8 Å². The Morgan fingerprint density at radius 2 is 2.00 bits per heavy atom. The van der Waals surface area contributed by atoms with Gasteiger partial charge in [0, 0.05) is 31.8 Å². The van der Waals surface area contributed by atoms with Crippen LogP contribution >= 0.6 is 0 Å². The molecule has 2 heterocycles. The summed E-state index contributed by atoms with van der Waals surface area (Å²) in [7, 11) is 0. The van der Waals surface area contributed by atoms with Crippen LogP contribution < -0.4 is 14.8 Å². The van der Waals surface area contributed by atoms with Crippen LogP contribution in [0.5, 0.6) is 11.5 Å². The van der Waals surface area contributed by atoms with E-state index in [1.807, 2.05) is 0 Å². The fourth-order valence-corrected chi connectivity index (χ4v) is 2.84. The standard InChI is InChI=1S/C16H20N2O4/c1-11(19)18-6-2-3-12(10-18)16(20)17-13-4-5-14-15(9-13)22-8-7-21-14/h4-5,9,12H,2-3,6-8,10H2,1H3,(H,17,20). The predicted molar refractivity (Wildman–Crippen MR) is 81.0 cm³/mol. The lowest BCUT2D eigenvalue weighted by molar-refractivity contribution is -0.132. The Kier molecular flexibility index (Phi) is 4.18. The van der Waals surface area contributed by atoms with Crippen molar-refractivity contribution in [3.8, 4) is 11.5 Å². The zero-order valence-corrected chi connectivity index (χ0v) is 12.6. The van der Waals surface area contributed by atoms with Gasteiger partial charge >= 0.3 is 0 Å². The van der Waals surface area contributed by atoms with E-state index < -0.39 is 0 Å². The minimum atomic E-state index is -0.161. The van der Waals surface area contributed by atoms with Gasteiger partial charge in [-0.1, -0.05) is 0 Å². The molecular weight excluding hydrogens is 284 g/mol. The lowest BCUT2D eigenvalue weighted by Crippen LogP contribution is -2.42. The second kappa shape index (κ2) is 6.25. The van der Waals surface area contributed by atoms with Crippen molar-refractivity contribution in [2.75, 3.05) is 31.6 Å². The molecule has 3 rings (SSSR count). The number of ether oxygens (including phenoxy) is 2. The first-order valence-corrected chi connectivity index (χ1v) is 7.59. The highest BCUT2D eigenvalue weighted by molar-refractivity contribution is 5.93. The molecule has 6 heteroatoms. The molecule has 1 unspecified atom stereocenters. The molecule has 1 atom stereocenters. The second-order valence-corrected chi connectivity index (χ2v) is 5.65. The smallest absolute Gasteiger partial charge is 0.229 e. The van der Waals surface area contributed by atoms with E-state index in [1.54, 1.807) is 30.0 Å². The minimum Gasteiger partial charge on any atom is -0.486 e. The lowest BCUT2D eigenvalue weighted by atomic mass is 9.97. The molecule has 22 heavy (non-hydrogen) atoms. The van der Waals surface area contributed by atoms with E-state index in [-0.39, 0.29) is 17.7 Å². The number of carbonyl (C=O) groups is 2. The summed E-state index contributed by atoms with van der Waals surface area (Å²) in [5.41, 5.74) is 0.689. The van der Waals surface area contributed by atoms with Gasteiger partial charge in [-0.3, -0.25) is 9.59 Å². The number of amides is 2. The van der Waals surface area contributed by atoms with Gasteiger partial charge in [0.1, 0.15) is 13.2 Å². The molecule has 0 saturated carbocycles. The molecule has 6 nitrogen and oxygen atoms in total. The summed E-state index contributed by atoms with van der Waals surface area (Å²) in [6, 6.07) is 5.38. The van der Waals surface area contributed by atoms with Gasteiger partial charge in [0.15, 0.2) is 11.5 Å². The van der Waals surface area contributed by atoms with E-state index in [0.29, 0.717) is 36.9 Å². The molecule has 0 radical (unpaired) electrons. The average Bonchev–Trinajstić information content (AvgIpc) is 2.55. The number of rotatable bonds is 2. The zero-order valence-electron chi connectivity index (χ0n) is 12.6. The Bertz CT molecular complexity index is 588. The van der Waals surface area contributed by atoms with E-state index in [0.717, 1.165) is 19.4 Å². The molecule has 1 N–H and O–H groups in total. The van der Waals surface area contributed by atoms with Crippen molar-refractivity contribution in [3.05, 3.63) is 18.2 Å². The van der Waals surface area contributed by atoms with E-state index in [1.165, 1.54) is 0 Å². The van der Waals surface area contributed by atoms with Crippen LogP contribution in [0.2, 0.25) is 0 Å². The van der Waals surface area contributed by atoms with Crippen LogP contribution in [-0.2, 0) is 9.59 Å². The van der Waals surface area contributed by atoms with Crippen LogP contribution in [0.3, 0.4) is 0 Å². The first kappa shape index (κ1) is 14.7. The molecule has 0 bridgehead atoms. The molecule has 118 valence electrons. The molecule has 2 amide bonds. The average molecular weight is 304 g/mol. The molecule has 1 aromatic carbocycles. The third-order valence-corrected chi connectivity index (χ3v) is 4.05. The maximum Gasteiger partial charge on any atom is 0.229 e. The SMILES string of the molecule is CC(=O)N1CCCC(C(=O)Nc2ccc3c(c2)OCCO3)C1. The maximum atomic E-state index is 12.4. The number of anilines is 1. The highest BCUT2D eigenvalue weighted by Crippen LogP contribution is 2.32. The summed E-state index contributed by atoms with van der Waals surface area (Å²) in [4.78, 5) is 25.6. The van der Waals surface area contributed by atoms with Crippen LogP contribution in [0.15, 0.2) is 18.2 Å². The molecule has 0 aromatic heterocycles. The summed E-state index contributed by atoms with van der Waals surface area (Å²) in [5.74, 6) is 1.16. The number of hydrogen-bond donors (Lipinski definition) is 1. The van der Waals surface area contributed by atoms with Gasteiger partial charge in [-0.15, -0.1) is 0 Å². The number of hydrogen-bond acceptors (Lipinski definition) is 4. The number of carbonyl (C=O) groups excluding carboxylic acids is 2. The lowest BCUT2D eigenvalue weighted by Gasteiger charge is -2.31. The van der Waals surface area contributed by atoms with E-state index in [4.69, 9.17) is 9.47 Å². The first-order valence-electron chi connectivity index (χ1n) is 7.59. The van der Waals surface area contributed by atoms with Crippen LogP contribution in [0.1, 0.15) is 19.8 Å². The number of piperidine rings is 1. The second-order valence-electron chi connectivity index (χ2n) is 5.65. The molecule has 2 aliphatic rings. The third-order valence-electron chi connectivity index (χ3n) is 4.05. The van der Waals surface area contributed by atoms with Gasteiger partial charge in [-0.2, -0.15) is 0 Å². The van der Waals surface area contributed by atoms with Crippen molar-refractivity contribution in [1.82, 2.24) is 4.90 Å². The van der Waals surface area contributed by atoms with Gasteiger partial charge in [-0.05, 0) is 25.0 Å². The van der Waals surface area contributed by atoms with Crippen molar-refractivity contribution in [1.29, 1.82) is 0 Å². The Morgan fingerprint density at radius 3 is 2.77 bits per heavy atom. The number of likely N-dealkylation sites (tertiary alicyclic amines) is 1. The molecule has 0 spiro atoms. The largest absolute Gasteiger partial charge is 0.486 e. The summed E-state index contributed by atoms with van der Waals surface area (Å²) in [6.45, 7) is 3.83. The van der Waals surface area contributed by atoms with Gasteiger partial charge in [-0.25, -0.2) is 0 Å². The van der Waals surface area contributed by atoms with Crippen LogP contribution in [0, 0.1) is 5.92 Å². The number of benzene rings is 1. The zero-order chi connectivity index (χ0) is 15.5. The van der Waals surface area contributed by atoms with E-state index in [9.17, 15) is 9.59 Å². The van der Waals surface area contributed by atoms with Crippen molar-refractivity contribution in [3.63, 3.8) is 0 Å². The van der Waals surface area contributed by atoms with E-state index >= 15 is 0 Å². The molecule has 1 aromatic rings. The molecular formula is C16H20N2O4. The highest BCUT2D eigenvalue weighted by Gasteiger charge is 2.27. The predicted octanol–water partition coefficient (Wildman–Crippen LogP) is 1.65. The Balaban J connectivity index is 1.65. The van der Waals surface area contributed by atoms with Crippen LogP contribution in [-0.4, -0.2) is 43.0 Å². The molecule has 2 aliphatic heterocycles. The topological polar surface area (TPSA) is 67.9 Å². The van der Waals surface area contributed by atoms with Crippen molar-refractivity contribution >= 4 is 17.5 Å². The molecule has 0 aliphatic carbocycles. The number of fused-ring (bicyclic) bond motifs is 1. The van der Waals surface area contributed by atoms with Crippen molar-refractivity contribution in [2.24, 2.45) is 5.92 Å². The highest BCUT2D eigenvalue weighted by atomic mass is 16.6. The Labute approximate surface area is 129 Å². The summed E-state index contributed by atoms with van der Waals surface area (Å²) < 4.78 is 11.0. The summed E-state index contributed by atoms with van der Waals surface area (Å²) in [5, 5.41) is 2.91. The molecule has 1 fully saturated rings. The fraction of sp³-hybridized carbons (Fsp3) is 0.500. The third kappa shape index (κ3) is 3.16. The summed E-state index contributed by atoms with van der Waals surface area (Å²) in [6.07, 6.45) is 1.67. The first-order chi connectivity index (χ1) is 10.6. The monoisotopic (exact) mass is 304 g/mol. The van der Waals surface area contributed by atoms with Gasteiger partial charge in [0.25, 0.3) is 0 Å². The Morgan fingerprint density at radius 1 is 1.23 bits per heavy atom. The number of nitrogens with zero attached hydrogens (tertiary/aromatic N) is 1. The molecule has 1 saturated heterocycles. The van der Waals surface area contributed by atoms with Gasteiger partial charge in [0.05, 0.1) is 5.92 Å².